The number of hydrogen-bond donors (Lipinski definition) is 0. The van der Waals surface area contributed by atoms with Gasteiger partial charge < -0.3 is 9.47 Å². The van der Waals surface area contributed by atoms with Crippen molar-refractivity contribution in [2.45, 2.75) is 126 Å². The number of rotatable bonds is 19. The van der Waals surface area contributed by atoms with Crippen LogP contribution in [0.4, 0.5) is 39.5 Å². The molecule has 1 aliphatic heterocycles. The molecule has 11 heteroatoms. The molecule has 0 radical (unpaired) electrons. The zero-order valence-corrected chi connectivity index (χ0v) is 19.5. The quantitative estimate of drug-likeness (QED) is 0.126. The van der Waals surface area contributed by atoms with Gasteiger partial charge in [0.25, 0.3) is 0 Å². The fourth-order valence-electron chi connectivity index (χ4n) is 3.90. The number of alkyl halides is 9. The zero-order chi connectivity index (χ0) is 25.7. The van der Waals surface area contributed by atoms with E-state index in [9.17, 15) is 39.5 Å². The van der Waals surface area contributed by atoms with Gasteiger partial charge in [-0.3, -0.25) is 0 Å². The third-order valence-electron chi connectivity index (χ3n) is 6.10. The Hall–Kier alpha value is -0.710. The van der Waals surface area contributed by atoms with E-state index in [1.807, 2.05) is 0 Å². The highest BCUT2D eigenvalue weighted by molar-refractivity contribution is 5.00. The van der Waals surface area contributed by atoms with E-state index >= 15 is 0 Å². The fourth-order valence-corrected chi connectivity index (χ4v) is 3.90. The number of hydrogen-bond acceptors (Lipinski definition) is 2. The average Bonchev–Trinajstić information content (AvgIpc) is 3.25. The smallest absolute Gasteiger partial charge is 0.381 e. The van der Waals surface area contributed by atoms with Crippen LogP contribution in [0.25, 0.3) is 0 Å². The predicted octanol–water partition coefficient (Wildman–Crippen LogP) is 8.72. The maximum atomic E-state index is 13.4. The van der Waals surface area contributed by atoms with Crippen LogP contribution in [-0.2, 0) is 9.47 Å². The summed E-state index contributed by atoms with van der Waals surface area (Å²) in [7, 11) is 0. The van der Waals surface area contributed by atoms with E-state index in [1.165, 1.54) is 0 Å². The minimum Gasteiger partial charge on any atom is -0.381 e. The van der Waals surface area contributed by atoms with E-state index in [2.05, 4.69) is 0 Å². The third-order valence-corrected chi connectivity index (χ3v) is 6.10. The van der Waals surface area contributed by atoms with Gasteiger partial charge in [0, 0.05) is 26.2 Å². The summed E-state index contributed by atoms with van der Waals surface area (Å²) in [5.74, 6) is -18.7. The second kappa shape index (κ2) is 14.8. The predicted molar refractivity (Wildman–Crippen MR) is 111 cm³/mol. The van der Waals surface area contributed by atoms with Crippen molar-refractivity contribution in [1.82, 2.24) is 0 Å². The Morgan fingerprint density at radius 3 is 1.59 bits per heavy atom. The maximum absolute atomic E-state index is 13.4. The molecule has 1 fully saturated rings. The molecule has 0 aromatic rings. The van der Waals surface area contributed by atoms with Crippen LogP contribution in [0.5, 0.6) is 0 Å². The lowest BCUT2D eigenvalue weighted by Gasteiger charge is -2.33. The molecule has 1 heterocycles. The fraction of sp³-hybridized carbons (Fsp3) is 1.00. The summed E-state index contributed by atoms with van der Waals surface area (Å²) in [4.78, 5) is 0. The molecule has 1 rings (SSSR count). The highest BCUT2D eigenvalue weighted by atomic mass is 19.4. The molecular weight excluding hydrogens is 479 g/mol. The van der Waals surface area contributed by atoms with Crippen molar-refractivity contribution in [2.75, 3.05) is 19.8 Å². The molecule has 0 N–H and O–H groups in total. The molecule has 0 saturated carbocycles. The normalized spacial score (nSPS) is 18.1. The first-order valence-corrected chi connectivity index (χ1v) is 12.2. The van der Waals surface area contributed by atoms with Crippen molar-refractivity contribution in [3.05, 3.63) is 0 Å². The van der Waals surface area contributed by atoms with Gasteiger partial charge in [0.15, 0.2) is 0 Å². The molecular formula is C23H37F9O2. The molecule has 1 atom stereocenters. The van der Waals surface area contributed by atoms with Crippen LogP contribution in [0.15, 0.2) is 0 Å². The van der Waals surface area contributed by atoms with Crippen LogP contribution < -0.4 is 0 Å². The minimum absolute atomic E-state index is 0.0656. The second-order valence-corrected chi connectivity index (χ2v) is 9.03. The Kier molecular flexibility index (Phi) is 13.6. The molecule has 1 aliphatic rings. The van der Waals surface area contributed by atoms with Gasteiger partial charge in [-0.15, -0.1) is 0 Å². The second-order valence-electron chi connectivity index (χ2n) is 9.03. The number of unbranched alkanes of at least 4 members (excludes halogenated alkanes) is 10. The first kappa shape index (κ1) is 31.3. The zero-order valence-electron chi connectivity index (χ0n) is 19.5. The van der Waals surface area contributed by atoms with Crippen molar-refractivity contribution in [3.8, 4) is 0 Å². The number of ether oxygens (including phenoxy) is 2. The molecule has 0 aliphatic carbocycles. The lowest BCUT2D eigenvalue weighted by atomic mass is 9.97. The van der Waals surface area contributed by atoms with Gasteiger partial charge in [-0.05, 0) is 32.1 Å². The van der Waals surface area contributed by atoms with E-state index < -0.39 is 36.8 Å². The van der Waals surface area contributed by atoms with Crippen LogP contribution in [0.3, 0.4) is 0 Å². The third kappa shape index (κ3) is 10.1. The van der Waals surface area contributed by atoms with E-state index in [0.29, 0.717) is 18.9 Å². The molecule has 0 spiro atoms. The van der Waals surface area contributed by atoms with E-state index in [1.54, 1.807) is 0 Å². The van der Waals surface area contributed by atoms with E-state index in [-0.39, 0.29) is 6.42 Å². The van der Waals surface area contributed by atoms with Gasteiger partial charge in [-0.25, -0.2) is 0 Å². The standard InChI is InChI=1S/C23H37F9O2/c24-20(25,21(26,27)22(28,29)23(30,31)32)15-10-8-6-4-2-1-3-5-7-9-11-16-33-18-14-19-13-12-17-34-19/h19H,1-18H2. The molecule has 1 saturated heterocycles. The summed E-state index contributed by atoms with van der Waals surface area (Å²) in [6, 6.07) is 0. The van der Waals surface area contributed by atoms with Gasteiger partial charge in [-0.1, -0.05) is 57.8 Å². The largest absolute Gasteiger partial charge is 0.460 e. The molecule has 204 valence electrons. The summed E-state index contributed by atoms with van der Waals surface area (Å²) < 4.78 is 126. The van der Waals surface area contributed by atoms with Crippen LogP contribution in [0, 0.1) is 0 Å². The van der Waals surface area contributed by atoms with Gasteiger partial charge in [0.1, 0.15) is 0 Å². The Balaban J connectivity index is 1.96. The molecule has 0 amide bonds. The van der Waals surface area contributed by atoms with Gasteiger partial charge in [0.05, 0.1) is 6.10 Å². The van der Waals surface area contributed by atoms with Crippen molar-refractivity contribution in [2.24, 2.45) is 0 Å². The summed E-state index contributed by atoms with van der Waals surface area (Å²) in [6.07, 6.45) is 2.68. The van der Waals surface area contributed by atoms with Crippen LogP contribution >= 0.6 is 0 Å². The Labute approximate surface area is 195 Å². The first-order valence-electron chi connectivity index (χ1n) is 12.2. The van der Waals surface area contributed by atoms with Crippen molar-refractivity contribution < 1.29 is 49.0 Å². The molecule has 1 unspecified atom stereocenters. The monoisotopic (exact) mass is 516 g/mol. The lowest BCUT2D eigenvalue weighted by molar-refractivity contribution is -0.396. The lowest BCUT2D eigenvalue weighted by Crippen LogP contribution is -2.60. The molecule has 0 bridgehead atoms. The highest BCUT2D eigenvalue weighted by Crippen LogP contribution is 2.54. The minimum atomic E-state index is -6.79. The SMILES string of the molecule is FC(F)(F)C(F)(F)C(F)(F)C(F)(F)CCCCCCCCCCCCCOCCC1CCCO1. The van der Waals surface area contributed by atoms with Crippen LogP contribution in [0.2, 0.25) is 0 Å². The summed E-state index contributed by atoms with van der Waals surface area (Å²) in [5, 5.41) is 0. The average molecular weight is 517 g/mol. The van der Waals surface area contributed by atoms with Crippen molar-refractivity contribution in [3.63, 3.8) is 0 Å². The Bertz CT molecular complexity index is 533. The van der Waals surface area contributed by atoms with E-state index in [0.717, 1.165) is 84.0 Å². The van der Waals surface area contributed by atoms with Crippen molar-refractivity contribution >= 4 is 0 Å². The molecule has 0 aromatic heterocycles. The van der Waals surface area contributed by atoms with E-state index in [4.69, 9.17) is 9.47 Å². The molecule has 0 aromatic carbocycles. The first-order chi connectivity index (χ1) is 15.8. The van der Waals surface area contributed by atoms with Gasteiger partial charge >= 0.3 is 23.9 Å². The van der Waals surface area contributed by atoms with Crippen LogP contribution in [0.1, 0.15) is 96.3 Å². The molecule has 34 heavy (non-hydrogen) atoms. The van der Waals surface area contributed by atoms with Crippen LogP contribution in [-0.4, -0.2) is 49.9 Å². The Morgan fingerprint density at radius 1 is 0.618 bits per heavy atom. The summed E-state index contributed by atoms with van der Waals surface area (Å²) >= 11 is 0. The summed E-state index contributed by atoms with van der Waals surface area (Å²) in [6.45, 7) is 2.32. The number of halogens is 9. The topological polar surface area (TPSA) is 18.5 Å². The van der Waals surface area contributed by atoms with Crippen molar-refractivity contribution in [1.29, 1.82) is 0 Å². The van der Waals surface area contributed by atoms with Gasteiger partial charge in [0.2, 0.25) is 0 Å². The van der Waals surface area contributed by atoms with Gasteiger partial charge in [-0.2, -0.15) is 39.5 Å². The summed E-state index contributed by atoms with van der Waals surface area (Å²) in [5.41, 5.74) is 0. The highest BCUT2D eigenvalue weighted by Gasteiger charge is 2.81. The molecule has 2 nitrogen and oxygen atoms in total. The Morgan fingerprint density at radius 2 is 1.12 bits per heavy atom. The maximum Gasteiger partial charge on any atom is 0.460 e.